The number of aryl methyl sites for hydroxylation is 2. The molecule has 0 radical (unpaired) electrons. The van der Waals surface area contributed by atoms with E-state index in [2.05, 4.69) is 10.3 Å². The van der Waals surface area contributed by atoms with Gasteiger partial charge in [0.2, 0.25) is 5.91 Å². The Morgan fingerprint density at radius 3 is 2.96 bits per heavy atom. The van der Waals surface area contributed by atoms with E-state index in [-0.39, 0.29) is 5.91 Å². The second kappa shape index (κ2) is 7.62. The van der Waals surface area contributed by atoms with Crippen LogP contribution in [-0.2, 0) is 11.2 Å². The normalized spacial score (nSPS) is 15.9. The van der Waals surface area contributed by atoms with Gasteiger partial charge in [-0.05, 0) is 49.8 Å². The monoisotopic (exact) mass is 314 g/mol. The van der Waals surface area contributed by atoms with Gasteiger partial charge in [0.1, 0.15) is 5.52 Å². The zero-order valence-electron chi connectivity index (χ0n) is 13.9. The smallest absolute Gasteiger partial charge is 0.220 e. The fourth-order valence-electron chi connectivity index (χ4n) is 3.33. The van der Waals surface area contributed by atoms with E-state index in [4.69, 9.17) is 4.42 Å². The number of hydrogen-bond donors (Lipinski definition) is 1. The molecule has 0 aliphatic heterocycles. The van der Waals surface area contributed by atoms with Gasteiger partial charge in [-0.2, -0.15) is 0 Å². The topological polar surface area (TPSA) is 55.1 Å². The largest absolute Gasteiger partial charge is 0.441 e. The van der Waals surface area contributed by atoms with E-state index in [9.17, 15) is 4.79 Å². The summed E-state index contributed by atoms with van der Waals surface area (Å²) < 4.78 is 5.72. The van der Waals surface area contributed by atoms with Crippen molar-refractivity contribution in [1.29, 1.82) is 0 Å². The van der Waals surface area contributed by atoms with Crippen molar-refractivity contribution in [2.45, 2.75) is 58.3 Å². The zero-order chi connectivity index (χ0) is 16.1. The van der Waals surface area contributed by atoms with Gasteiger partial charge >= 0.3 is 0 Å². The maximum atomic E-state index is 11.9. The first-order chi connectivity index (χ1) is 11.2. The van der Waals surface area contributed by atoms with Crippen molar-refractivity contribution >= 4 is 17.0 Å². The lowest BCUT2D eigenvalue weighted by Gasteiger charge is -2.21. The predicted octanol–water partition coefficient (Wildman–Crippen LogP) is 4.16. The molecule has 1 aliphatic carbocycles. The van der Waals surface area contributed by atoms with Crippen molar-refractivity contribution in [3.8, 4) is 0 Å². The minimum absolute atomic E-state index is 0.155. The van der Waals surface area contributed by atoms with Crippen molar-refractivity contribution in [3.05, 3.63) is 29.7 Å². The number of aromatic nitrogens is 1. The first kappa shape index (κ1) is 16.0. The quantitative estimate of drug-likeness (QED) is 0.871. The van der Waals surface area contributed by atoms with Crippen LogP contribution in [0.1, 0.15) is 56.4 Å². The van der Waals surface area contributed by atoms with Gasteiger partial charge in [0, 0.05) is 19.4 Å². The van der Waals surface area contributed by atoms with E-state index in [1.807, 2.05) is 25.1 Å². The number of oxazole rings is 1. The summed E-state index contributed by atoms with van der Waals surface area (Å²) in [5.74, 6) is 1.57. The number of nitrogens with zero attached hydrogens (tertiary/aromatic N) is 1. The predicted molar refractivity (Wildman–Crippen MR) is 91.3 cm³/mol. The highest BCUT2D eigenvalue weighted by molar-refractivity contribution is 5.76. The Hall–Kier alpha value is -1.84. The number of rotatable bonds is 6. The van der Waals surface area contributed by atoms with E-state index in [0.29, 0.717) is 18.8 Å². The second-order valence-electron chi connectivity index (χ2n) is 6.74. The molecule has 1 amide bonds. The fraction of sp³-hybridized carbons (Fsp3) is 0.579. The third-order valence-corrected chi connectivity index (χ3v) is 4.69. The molecule has 0 spiro atoms. The molecule has 1 heterocycles. The Morgan fingerprint density at radius 2 is 2.13 bits per heavy atom. The lowest BCUT2D eigenvalue weighted by molar-refractivity contribution is -0.121. The number of benzene rings is 1. The molecule has 1 aromatic carbocycles. The average molecular weight is 314 g/mol. The molecular formula is C19H26N2O2. The van der Waals surface area contributed by atoms with Gasteiger partial charge < -0.3 is 9.73 Å². The van der Waals surface area contributed by atoms with Crippen molar-refractivity contribution in [2.75, 3.05) is 6.54 Å². The molecule has 1 fully saturated rings. The number of hydrogen-bond acceptors (Lipinski definition) is 3. The van der Waals surface area contributed by atoms with Crippen molar-refractivity contribution in [3.63, 3.8) is 0 Å². The summed E-state index contributed by atoms with van der Waals surface area (Å²) in [4.78, 5) is 16.4. The van der Waals surface area contributed by atoms with Crippen LogP contribution in [0.3, 0.4) is 0 Å². The van der Waals surface area contributed by atoms with E-state index >= 15 is 0 Å². The maximum Gasteiger partial charge on any atom is 0.220 e. The number of nitrogens with one attached hydrogen (secondary N) is 1. The van der Waals surface area contributed by atoms with E-state index in [1.165, 1.54) is 37.7 Å². The number of amides is 1. The van der Waals surface area contributed by atoms with Crippen LogP contribution in [0.5, 0.6) is 0 Å². The SMILES string of the molecule is Cc1ccc2oc(CCCC(=O)NCC3CCCCC3)nc2c1. The molecule has 1 saturated carbocycles. The number of carbonyl (C=O) groups is 1. The standard InChI is InChI=1S/C19H26N2O2/c1-14-10-11-17-16(12-14)21-19(23-17)9-5-8-18(22)20-13-15-6-3-2-4-7-15/h10-12,15H,2-9,13H2,1H3,(H,20,22). The third-order valence-electron chi connectivity index (χ3n) is 4.69. The molecule has 0 atom stereocenters. The molecule has 0 bridgehead atoms. The molecule has 4 nitrogen and oxygen atoms in total. The van der Waals surface area contributed by atoms with E-state index in [0.717, 1.165) is 30.0 Å². The maximum absolute atomic E-state index is 11.9. The van der Waals surface area contributed by atoms with Gasteiger partial charge in [0.25, 0.3) is 0 Å². The summed E-state index contributed by atoms with van der Waals surface area (Å²) in [5.41, 5.74) is 2.91. The van der Waals surface area contributed by atoms with Gasteiger partial charge in [-0.25, -0.2) is 4.98 Å². The van der Waals surface area contributed by atoms with Crippen LogP contribution < -0.4 is 5.32 Å². The first-order valence-electron chi connectivity index (χ1n) is 8.83. The molecule has 4 heteroatoms. The molecule has 1 aromatic heterocycles. The molecule has 1 N–H and O–H groups in total. The van der Waals surface area contributed by atoms with Crippen LogP contribution in [0.25, 0.3) is 11.1 Å². The van der Waals surface area contributed by atoms with Crippen LogP contribution in [0.4, 0.5) is 0 Å². The highest BCUT2D eigenvalue weighted by atomic mass is 16.3. The summed E-state index contributed by atoms with van der Waals surface area (Å²) in [6.07, 6.45) is 8.56. The molecule has 2 aromatic rings. The van der Waals surface area contributed by atoms with Gasteiger partial charge in [-0.1, -0.05) is 25.3 Å². The highest BCUT2D eigenvalue weighted by Gasteiger charge is 2.14. The minimum Gasteiger partial charge on any atom is -0.441 e. The van der Waals surface area contributed by atoms with Crippen molar-refractivity contribution in [1.82, 2.24) is 10.3 Å². The van der Waals surface area contributed by atoms with Crippen LogP contribution in [0.2, 0.25) is 0 Å². The number of fused-ring (bicyclic) bond motifs is 1. The van der Waals surface area contributed by atoms with Gasteiger partial charge in [-0.15, -0.1) is 0 Å². The fourth-order valence-corrected chi connectivity index (χ4v) is 3.33. The van der Waals surface area contributed by atoms with Crippen molar-refractivity contribution < 1.29 is 9.21 Å². The van der Waals surface area contributed by atoms with Gasteiger partial charge in [0.05, 0.1) is 0 Å². The van der Waals surface area contributed by atoms with Crippen molar-refractivity contribution in [2.24, 2.45) is 5.92 Å². The Bertz CT molecular complexity index is 656. The second-order valence-corrected chi connectivity index (χ2v) is 6.74. The summed E-state index contributed by atoms with van der Waals surface area (Å²) in [6.45, 7) is 2.89. The van der Waals surface area contributed by atoms with Crippen LogP contribution in [-0.4, -0.2) is 17.4 Å². The third kappa shape index (κ3) is 4.57. The summed E-state index contributed by atoms with van der Waals surface area (Å²) in [7, 11) is 0. The summed E-state index contributed by atoms with van der Waals surface area (Å²) in [6, 6.07) is 6.01. The van der Waals surface area contributed by atoms with Crippen LogP contribution >= 0.6 is 0 Å². The first-order valence-corrected chi connectivity index (χ1v) is 8.83. The highest BCUT2D eigenvalue weighted by Crippen LogP contribution is 2.22. The number of carbonyl (C=O) groups excluding carboxylic acids is 1. The zero-order valence-corrected chi connectivity index (χ0v) is 13.9. The van der Waals surface area contributed by atoms with Crippen LogP contribution in [0.15, 0.2) is 22.6 Å². The average Bonchev–Trinajstić information content (AvgIpc) is 2.95. The Kier molecular flexibility index (Phi) is 5.31. The summed E-state index contributed by atoms with van der Waals surface area (Å²) in [5, 5.41) is 3.08. The summed E-state index contributed by atoms with van der Waals surface area (Å²) >= 11 is 0. The minimum atomic E-state index is 0.155. The lowest BCUT2D eigenvalue weighted by atomic mass is 9.89. The molecule has 0 saturated heterocycles. The Balaban J connectivity index is 1.40. The molecule has 23 heavy (non-hydrogen) atoms. The molecule has 1 aliphatic rings. The van der Waals surface area contributed by atoms with Crippen LogP contribution in [0, 0.1) is 12.8 Å². The molecule has 0 unspecified atom stereocenters. The molecule has 124 valence electrons. The van der Waals surface area contributed by atoms with Gasteiger partial charge in [-0.3, -0.25) is 4.79 Å². The molecular weight excluding hydrogens is 288 g/mol. The Labute approximate surface area is 137 Å². The molecule has 3 rings (SSSR count). The van der Waals surface area contributed by atoms with Gasteiger partial charge in [0.15, 0.2) is 11.5 Å². The Morgan fingerprint density at radius 1 is 1.30 bits per heavy atom. The van der Waals surface area contributed by atoms with E-state index in [1.54, 1.807) is 0 Å². The van der Waals surface area contributed by atoms with E-state index < -0.39 is 0 Å². The lowest BCUT2D eigenvalue weighted by Crippen LogP contribution is -2.30.